The van der Waals surface area contributed by atoms with Crippen LogP contribution in [0.1, 0.15) is 17.9 Å². The van der Waals surface area contributed by atoms with Gasteiger partial charge in [-0.15, -0.1) is 0 Å². The zero-order valence-corrected chi connectivity index (χ0v) is 11.8. The lowest BCUT2D eigenvalue weighted by Gasteiger charge is -2.05. The normalized spacial score (nSPS) is 10.7. The second-order valence-electron chi connectivity index (χ2n) is 4.95. The molecule has 106 valence electrons. The van der Waals surface area contributed by atoms with Crippen molar-refractivity contribution < 1.29 is 9.21 Å². The van der Waals surface area contributed by atoms with E-state index in [1.54, 1.807) is 13.0 Å². The van der Waals surface area contributed by atoms with Gasteiger partial charge in [-0.1, -0.05) is 30.3 Å². The quantitative estimate of drug-likeness (QED) is 0.792. The summed E-state index contributed by atoms with van der Waals surface area (Å²) in [5.74, 6) is 0.618. The molecule has 3 rings (SSSR count). The van der Waals surface area contributed by atoms with Crippen LogP contribution in [0.4, 0.5) is 5.69 Å². The van der Waals surface area contributed by atoms with Gasteiger partial charge in [0, 0.05) is 25.1 Å². The summed E-state index contributed by atoms with van der Waals surface area (Å²) in [6.07, 6.45) is 1.19. The van der Waals surface area contributed by atoms with Crippen LogP contribution >= 0.6 is 0 Å². The molecule has 2 aromatic carbocycles. The van der Waals surface area contributed by atoms with Gasteiger partial charge in [0.1, 0.15) is 5.52 Å². The van der Waals surface area contributed by atoms with Crippen LogP contribution in [0.25, 0.3) is 11.1 Å². The number of carbonyl (C=O) groups excluding carboxylic acids is 1. The van der Waals surface area contributed by atoms with Gasteiger partial charge >= 0.3 is 0 Å². The summed E-state index contributed by atoms with van der Waals surface area (Å²) in [6.45, 7) is 1.80. The Kier molecular flexibility index (Phi) is 3.69. The average Bonchev–Trinajstić information content (AvgIpc) is 2.85. The number of amides is 1. The predicted molar refractivity (Wildman–Crippen MR) is 82.1 cm³/mol. The van der Waals surface area contributed by atoms with Gasteiger partial charge in [0.15, 0.2) is 11.5 Å². The highest BCUT2D eigenvalue weighted by molar-refractivity contribution is 5.92. The summed E-state index contributed by atoms with van der Waals surface area (Å²) in [4.78, 5) is 16.2. The molecule has 1 aromatic heterocycles. The number of rotatable bonds is 4. The Labute approximate surface area is 122 Å². The van der Waals surface area contributed by atoms with Crippen LogP contribution in [-0.2, 0) is 11.2 Å². The Bertz CT molecular complexity index is 763. The summed E-state index contributed by atoms with van der Waals surface area (Å²) in [5, 5.41) is 2.89. The van der Waals surface area contributed by atoms with E-state index in [9.17, 15) is 4.79 Å². The molecule has 3 aromatic rings. The van der Waals surface area contributed by atoms with E-state index in [2.05, 4.69) is 10.3 Å². The summed E-state index contributed by atoms with van der Waals surface area (Å²) in [6, 6.07) is 15.5. The summed E-state index contributed by atoms with van der Waals surface area (Å²) in [5.41, 5.74) is 3.38. The number of fused-ring (bicyclic) bond motifs is 1. The van der Waals surface area contributed by atoms with E-state index in [1.807, 2.05) is 42.5 Å². The first-order chi connectivity index (χ1) is 10.2. The molecule has 0 unspecified atom stereocenters. The van der Waals surface area contributed by atoms with E-state index in [0.29, 0.717) is 17.9 Å². The van der Waals surface area contributed by atoms with Crippen molar-refractivity contribution in [1.29, 1.82) is 0 Å². The van der Waals surface area contributed by atoms with Gasteiger partial charge in [0.2, 0.25) is 5.91 Å². The highest BCUT2D eigenvalue weighted by Crippen LogP contribution is 2.20. The minimum Gasteiger partial charge on any atom is -0.441 e. The predicted octanol–water partition coefficient (Wildman–Crippen LogP) is 3.71. The van der Waals surface area contributed by atoms with Crippen LogP contribution in [0.15, 0.2) is 52.9 Å². The van der Waals surface area contributed by atoms with Crippen LogP contribution in [0.3, 0.4) is 0 Å². The van der Waals surface area contributed by atoms with Gasteiger partial charge in [0.25, 0.3) is 0 Å². The number of anilines is 1. The van der Waals surface area contributed by atoms with E-state index in [1.165, 1.54) is 0 Å². The second-order valence-corrected chi connectivity index (χ2v) is 4.95. The van der Waals surface area contributed by atoms with Gasteiger partial charge in [0.05, 0.1) is 0 Å². The molecule has 1 N–H and O–H groups in total. The number of hydrogen-bond acceptors (Lipinski definition) is 3. The SMILES string of the molecule is Cc1nc2ccc(NC(=O)CCc3ccccc3)cc2o1. The fourth-order valence-corrected chi connectivity index (χ4v) is 2.24. The van der Waals surface area contributed by atoms with E-state index in [0.717, 1.165) is 23.2 Å². The molecule has 21 heavy (non-hydrogen) atoms. The Morgan fingerprint density at radius 1 is 1.19 bits per heavy atom. The molecule has 0 saturated carbocycles. The van der Waals surface area contributed by atoms with Gasteiger partial charge in [-0.3, -0.25) is 4.79 Å². The van der Waals surface area contributed by atoms with Crippen molar-refractivity contribution in [3.8, 4) is 0 Å². The number of aryl methyl sites for hydroxylation is 2. The number of aromatic nitrogens is 1. The molecule has 0 radical (unpaired) electrons. The van der Waals surface area contributed by atoms with Crippen molar-refractivity contribution in [2.45, 2.75) is 19.8 Å². The summed E-state index contributed by atoms with van der Waals surface area (Å²) >= 11 is 0. The Balaban J connectivity index is 1.63. The van der Waals surface area contributed by atoms with Crippen molar-refractivity contribution in [3.05, 3.63) is 60.0 Å². The molecular weight excluding hydrogens is 264 g/mol. The molecule has 0 fully saturated rings. The zero-order valence-electron chi connectivity index (χ0n) is 11.8. The second kappa shape index (κ2) is 5.79. The lowest BCUT2D eigenvalue weighted by molar-refractivity contribution is -0.116. The maximum Gasteiger partial charge on any atom is 0.224 e. The van der Waals surface area contributed by atoms with Crippen molar-refractivity contribution in [2.75, 3.05) is 5.32 Å². The maximum absolute atomic E-state index is 12.0. The topological polar surface area (TPSA) is 55.1 Å². The van der Waals surface area contributed by atoms with Crippen LogP contribution in [-0.4, -0.2) is 10.9 Å². The molecule has 0 spiro atoms. The van der Waals surface area contributed by atoms with Crippen LogP contribution in [0.5, 0.6) is 0 Å². The fraction of sp³-hybridized carbons (Fsp3) is 0.176. The first kappa shape index (κ1) is 13.4. The average molecular weight is 280 g/mol. The van der Waals surface area contributed by atoms with E-state index in [4.69, 9.17) is 4.42 Å². The Morgan fingerprint density at radius 3 is 2.81 bits per heavy atom. The molecule has 1 amide bonds. The van der Waals surface area contributed by atoms with Crippen LogP contribution < -0.4 is 5.32 Å². The smallest absolute Gasteiger partial charge is 0.224 e. The first-order valence-corrected chi connectivity index (χ1v) is 6.92. The lowest BCUT2D eigenvalue weighted by atomic mass is 10.1. The van der Waals surface area contributed by atoms with Gasteiger partial charge in [-0.25, -0.2) is 4.98 Å². The molecular formula is C17H16N2O2. The third kappa shape index (κ3) is 3.28. The Hall–Kier alpha value is -2.62. The molecule has 0 aliphatic heterocycles. The minimum absolute atomic E-state index is 0.00515. The van der Waals surface area contributed by atoms with E-state index < -0.39 is 0 Å². The number of oxazole rings is 1. The summed E-state index contributed by atoms with van der Waals surface area (Å²) in [7, 11) is 0. The third-order valence-electron chi connectivity index (χ3n) is 3.26. The Morgan fingerprint density at radius 2 is 2.00 bits per heavy atom. The minimum atomic E-state index is -0.00515. The highest BCUT2D eigenvalue weighted by atomic mass is 16.3. The lowest BCUT2D eigenvalue weighted by Crippen LogP contribution is -2.12. The number of benzene rings is 2. The molecule has 1 heterocycles. The molecule has 0 saturated heterocycles. The zero-order chi connectivity index (χ0) is 14.7. The monoisotopic (exact) mass is 280 g/mol. The molecule has 4 heteroatoms. The standard InChI is InChI=1S/C17H16N2O2/c1-12-18-15-9-8-14(11-16(15)21-12)19-17(20)10-7-13-5-3-2-4-6-13/h2-6,8-9,11H,7,10H2,1H3,(H,19,20). The highest BCUT2D eigenvalue weighted by Gasteiger charge is 2.06. The van der Waals surface area contributed by atoms with Gasteiger partial charge in [-0.2, -0.15) is 0 Å². The van der Waals surface area contributed by atoms with Crippen LogP contribution in [0.2, 0.25) is 0 Å². The molecule has 0 aliphatic rings. The van der Waals surface area contributed by atoms with Crippen molar-refractivity contribution in [2.24, 2.45) is 0 Å². The third-order valence-corrected chi connectivity index (χ3v) is 3.26. The van der Waals surface area contributed by atoms with E-state index >= 15 is 0 Å². The van der Waals surface area contributed by atoms with Crippen molar-refractivity contribution in [3.63, 3.8) is 0 Å². The van der Waals surface area contributed by atoms with Gasteiger partial charge in [-0.05, 0) is 24.1 Å². The van der Waals surface area contributed by atoms with Crippen molar-refractivity contribution in [1.82, 2.24) is 4.98 Å². The molecule has 0 aliphatic carbocycles. The molecule has 0 bridgehead atoms. The number of nitrogens with zero attached hydrogens (tertiary/aromatic N) is 1. The number of hydrogen-bond donors (Lipinski definition) is 1. The van der Waals surface area contributed by atoms with Crippen LogP contribution in [0, 0.1) is 6.92 Å². The molecule has 0 atom stereocenters. The summed E-state index contributed by atoms with van der Waals surface area (Å²) < 4.78 is 5.46. The molecule has 4 nitrogen and oxygen atoms in total. The fourth-order valence-electron chi connectivity index (χ4n) is 2.24. The number of nitrogens with one attached hydrogen (secondary N) is 1. The van der Waals surface area contributed by atoms with Crippen molar-refractivity contribution >= 4 is 22.7 Å². The number of carbonyl (C=O) groups is 1. The largest absolute Gasteiger partial charge is 0.441 e. The first-order valence-electron chi connectivity index (χ1n) is 6.92. The van der Waals surface area contributed by atoms with E-state index in [-0.39, 0.29) is 5.91 Å². The van der Waals surface area contributed by atoms with Gasteiger partial charge < -0.3 is 9.73 Å². The maximum atomic E-state index is 12.0.